The lowest BCUT2D eigenvalue weighted by molar-refractivity contribution is -0.136. The SMILES string of the molecule is [2H]C1(N2Cc3c(OCc4cccc(OC)c4F)cccc3C2=O)CCC(=O)NC1=O. The van der Waals surface area contributed by atoms with Crippen LogP contribution in [0.2, 0.25) is 0 Å². The lowest BCUT2D eigenvalue weighted by atomic mass is 10.0. The maximum absolute atomic E-state index is 14.4. The Hall–Kier alpha value is -3.42. The van der Waals surface area contributed by atoms with Crippen molar-refractivity contribution >= 4 is 17.7 Å². The lowest BCUT2D eigenvalue weighted by Crippen LogP contribution is -2.52. The minimum atomic E-state index is -1.87. The Morgan fingerprint density at radius 2 is 1.97 bits per heavy atom. The van der Waals surface area contributed by atoms with E-state index in [1.165, 1.54) is 13.2 Å². The van der Waals surface area contributed by atoms with E-state index in [1.54, 1.807) is 30.3 Å². The van der Waals surface area contributed by atoms with E-state index in [1.807, 2.05) is 0 Å². The molecule has 0 aromatic heterocycles. The van der Waals surface area contributed by atoms with Gasteiger partial charge in [-0.05, 0) is 24.6 Å². The van der Waals surface area contributed by atoms with Crippen molar-refractivity contribution in [2.45, 2.75) is 32.0 Å². The molecule has 0 spiro atoms. The van der Waals surface area contributed by atoms with Gasteiger partial charge in [0.2, 0.25) is 11.8 Å². The molecular weight excluding hydrogens is 379 g/mol. The zero-order chi connectivity index (χ0) is 21.5. The number of fused-ring (bicyclic) bond motifs is 1. The van der Waals surface area contributed by atoms with Crippen molar-refractivity contribution in [3.8, 4) is 11.5 Å². The Kier molecular flexibility index (Phi) is 4.59. The van der Waals surface area contributed by atoms with E-state index >= 15 is 0 Å². The highest BCUT2D eigenvalue weighted by Crippen LogP contribution is 2.34. The molecule has 1 unspecified atom stereocenters. The molecule has 7 nitrogen and oxygen atoms in total. The number of carbonyl (C=O) groups is 3. The first-order valence-corrected chi connectivity index (χ1v) is 9.07. The average Bonchev–Trinajstić information content (AvgIpc) is 3.08. The van der Waals surface area contributed by atoms with E-state index in [2.05, 4.69) is 5.32 Å². The van der Waals surface area contributed by atoms with E-state index in [0.29, 0.717) is 16.9 Å². The van der Waals surface area contributed by atoms with E-state index in [-0.39, 0.29) is 37.3 Å². The normalized spacial score (nSPS) is 21.5. The topological polar surface area (TPSA) is 84.9 Å². The van der Waals surface area contributed by atoms with Crippen LogP contribution in [0.15, 0.2) is 36.4 Å². The first-order chi connectivity index (χ1) is 14.3. The summed E-state index contributed by atoms with van der Waals surface area (Å²) in [5.74, 6) is -1.83. The smallest absolute Gasteiger partial charge is 0.255 e. The number of hydrogen-bond donors (Lipinski definition) is 1. The highest BCUT2D eigenvalue weighted by Gasteiger charge is 2.40. The maximum Gasteiger partial charge on any atom is 0.255 e. The first kappa shape index (κ1) is 17.7. The molecular formula is C21H19FN2O5. The van der Waals surface area contributed by atoms with Crippen molar-refractivity contribution in [2.24, 2.45) is 0 Å². The van der Waals surface area contributed by atoms with Crippen LogP contribution in [0.4, 0.5) is 4.39 Å². The number of amides is 3. The molecule has 1 saturated heterocycles. The average molecular weight is 399 g/mol. The number of ether oxygens (including phenoxy) is 2. The standard InChI is InChI=1S/C21H19FN2O5/c1-28-17-7-2-4-12(19(17)22)11-29-16-6-3-5-13-14(16)10-24(21(13)27)15-8-9-18(25)23-20(15)26/h2-7,15H,8-11H2,1H3,(H,23,25,26)/i15D. The monoisotopic (exact) mass is 399 g/mol. The van der Waals surface area contributed by atoms with E-state index in [0.717, 1.165) is 4.90 Å². The summed E-state index contributed by atoms with van der Waals surface area (Å²) in [5, 5.41) is 2.13. The van der Waals surface area contributed by atoms with Gasteiger partial charge in [-0.15, -0.1) is 0 Å². The van der Waals surface area contributed by atoms with Crippen LogP contribution in [-0.2, 0) is 22.7 Å². The summed E-state index contributed by atoms with van der Waals surface area (Å²) in [7, 11) is 1.37. The Bertz CT molecular complexity index is 1060. The number of benzene rings is 2. The maximum atomic E-state index is 14.4. The van der Waals surface area contributed by atoms with Gasteiger partial charge in [-0.1, -0.05) is 18.2 Å². The molecule has 150 valence electrons. The van der Waals surface area contributed by atoms with Gasteiger partial charge in [0, 0.05) is 23.1 Å². The molecule has 2 aliphatic heterocycles. The second-order valence-corrected chi connectivity index (χ2v) is 6.72. The summed E-state index contributed by atoms with van der Waals surface area (Å²) in [5.41, 5.74) is 1.12. The van der Waals surface area contributed by atoms with Gasteiger partial charge < -0.3 is 14.4 Å². The fourth-order valence-electron chi connectivity index (χ4n) is 3.50. The molecule has 1 N–H and O–H groups in total. The third-order valence-corrected chi connectivity index (χ3v) is 5.00. The largest absolute Gasteiger partial charge is 0.494 e. The quantitative estimate of drug-likeness (QED) is 0.779. The van der Waals surface area contributed by atoms with Gasteiger partial charge in [-0.2, -0.15) is 0 Å². The summed E-state index contributed by atoms with van der Waals surface area (Å²) >= 11 is 0. The lowest BCUT2D eigenvalue weighted by Gasteiger charge is -2.29. The van der Waals surface area contributed by atoms with Crippen molar-refractivity contribution in [3.05, 3.63) is 58.9 Å². The van der Waals surface area contributed by atoms with Crippen LogP contribution >= 0.6 is 0 Å². The molecule has 0 saturated carbocycles. The zero-order valence-electron chi connectivity index (χ0n) is 16.7. The molecule has 1 fully saturated rings. The molecule has 2 heterocycles. The summed E-state index contributed by atoms with van der Waals surface area (Å²) in [6.07, 6.45) is -0.101. The van der Waals surface area contributed by atoms with Crippen LogP contribution in [0.25, 0.3) is 0 Å². The third kappa shape index (κ3) is 3.41. The van der Waals surface area contributed by atoms with Crippen LogP contribution in [0, 0.1) is 5.82 Å². The third-order valence-electron chi connectivity index (χ3n) is 5.00. The molecule has 29 heavy (non-hydrogen) atoms. The van der Waals surface area contributed by atoms with Crippen molar-refractivity contribution in [3.63, 3.8) is 0 Å². The number of carbonyl (C=O) groups excluding carboxylic acids is 3. The molecule has 3 amide bonds. The van der Waals surface area contributed by atoms with Gasteiger partial charge in [0.05, 0.1) is 15.0 Å². The number of nitrogens with zero attached hydrogens (tertiary/aromatic N) is 1. The predicted octanol–water partition coefficient (Wildman–Crippen LogP) is 2.17. The second kappa shape index (κ2) is 7.54. The molecule has 0 aliphatic carbocycles. The number of nitrogens with one attached hydrogen (secondary N) is 1. The van der Waals surface area contributed by atoms with Gasteiger partial charge >= 0.3 is 0 Å². The van der Waals surface area contributed by atoms with Crippen LogP contribution in [-0.4, -0.2) is 35.7 Å². The Morgan fingerprint density at radius 1 is 1.21 bits per heavy atom. The van der Waals surface area contributed by atoms with Crippen molar-refractivity contribution < 1.29 is 29.6 Å². The van der Waals surface area contributed by atoms with Crippen LogP contribution < -0.4 is 14.8 Å². The fourth-order valence-corrected chi connectivity index (χ4v) is 3.50. The summed E-state index contributed by atoms with van der Waals surface area (Å²) in [4.78, 5) is 37.8. The van der Waals surface area contributed by atoms with Gasteiger partial charge in [0.1, 0.15) is 18.4 Å². The Labute approximate surface area is 167 Å². The number of methoxy groups -OCH3 is 1. The number of halogens is 1. The van der Waals surface area contributed by atoms with Crippen LogP contribution in [0.3, 0.4) is 0 Å². The number of hydrogen-bond acceptors (Lipinski definition) is 5. The van der Waals surface area contributed by atoms with E-state index < -0.39 is 29.6 Å². The molecule has 2 aromatic rings. The Balaban J connectivity index is 1.58. The molecule has 8 heteroatoms. The molecule has 0 radical (unpaired) electrons. The molecule has 2 aliphatic rings. The predicted molar refractivity (Wildman–Crippen MR) is 99.8 cm³/mol. The van der Waals surface area contributed by atoms with Crippen molar-refractivity contribution in [2.75, 3.05) is 7.11 Å². The summed E-state index contributed by atoms with van der Waals surface area (Å²) in [6, 6.07) is 7.71. The van der Waals surface area contributed by atoms with Gasteiger partial charge in [0.15, 0.2) is 11.6 Å². The van der Waals surface area contributed by atoms with Gasteiger partial charge in [-0.25, -0.2) is 4.39 Å². The van der Waals surface area contributed by atoms with Gasteiger partial charge in [0.25, 0.3) is 5.91 Å². The van der Waals surface area contributed by atoms with Crippen LogP contribution in [0.1, 0.15) is 35.7 Å². The van der Waals surface area contributed by atoms with Crippen LogP contribution in [0.5, 0.6) is 11.5 Å². The Morgan fingerprint density at radius 3 is 2.72 bits per heavy atom. The molecule has 1 atom stereocenters. The highest BCUT2D eigenvalue weighted by molar-refractivity contribution is 6.05. The number of imide groups is 1. The summed E-state index contributed by atoms with van der Waals surface area (Å²) < 4.78 is 33.7. The van der Waals surface area contributed by atoms with Gasteiger partial charge in [-0.3, -0.25) is 19.7 Å². The minimum absolute atomic E-state index is 0.0178. The molecule has 2 aromatic carbocycles. The van der Waals surface area contributed by atoms with E-state index in [9.17, 15) is 18.8 Å². The van der Waals surface area contributed by atoms with Crippen molar-refractivity contribution in [1.29, 1.82) is 0 Å². The minimum Gasteiger partial charge on any atom is -0.494 e. The number of rotatable bonds is 5. The fraction of sp³-hybridized carbons (Fsp3) is 0.286. The molecule has 4 rings (SSSR count). The second-order valence-electron chi connectivity index (χ2n) is 6.72. The molecule has 0 bridgehead atoms. The summed E-state index contributed by atoms with van der Waals surface area (Å²) in [6.45, 7) is -0.106. The highest BCUT2D eigenvalue weighted by atomic mass is 19.1. The zero-order valence-corrected chi connectivity index (χ0v) is 15.7. The first-order valence-electron chi connectivity index (χ1n) is 9.57. The number of piperidine rings is 1. The van der Waals surface area contributed by atoms with E-state index in [4.69, 9.17) is 10.8 Å². The van der Waals surface area contributed by atoms with Crippen molar-refractivity contribution in [1.82, 2.24) is 10.2 Å².